The number of amides is 12. The molecule has 2 aliphatic heterocycles. The van der Waals surface area contributed by atoms with E-state index in [-0.39, 0.29) is 101 Å². The van der Waals surface area contributed by atoms with E-state index in [0.29, 0.717) is 57.3 Å². The van der Waals surface area contributed by atoms with Crippen LogP contribution in [0.15, 0.2) is 0 Å². The molecule has 6 fully saturated rings. The van der Waals surface area contributed by atoms with Gasteiger partial charge in [-0.15, -0.1) is 11.6 Å². The Morgan fingerprint density at radius 2 is 1.20 bits per heavy atom. The maximum atomic E-state index is 15.8. The Kier molecular flexibility index (Phi) is 32.0. The van der Waals surface area contributed by atoms with Crippen molar-refractivity contribution in [2.75, 3.05) is 76.5 Å². The second-order valence-electron chi connectivity index (χ2n) is 33.0. The molecular weight excluding hydrogens is 1390 g/mol. The number of alkyl halides is 4. The van der Waals surface area contributed by atoms with Gasteiger partial charge in [0, 0.05) is 81.3 Å². The van der Waals surface area contributed by atoms with Crippen LogP contribution in [-0.2, 0) is 57.5 Å². The zero-order chi connectivity index (χ0) is 79.3. The lowest BCUT2D eigenvalue weighted by molar-refractivity contribution is -0.182. The van der Waals surface area contributed by atoms with Crippen molar-refractivity contribution in [2.45, 2.75) is 281 Å². The van der Waals surface area contributed by atoms with Gasteiger partial charge in [0.1, 0.15) is 59.9 Å². The van der Waals surface area contributed by atoms with Crippen LogP contribution < -0.4 is 16.0 Å². The summed E-state index contributed by atoms with van der Waals surface area (Å²) in [4.78, 5) is 193. The summed E-state index contributed by atoms with van der Waals surface area (Å²) in [5.41, 5.74) is -1.65. The van der Waals surface area contributed by atoms with Crippen LogP contribution in [0.5, 0.6) is 0 Å². The van der Waals surface area contributed by atoms with Crippen LogP contribution in [0.1, 0.15) is 209 Å². The van der Waals surface area contributed by atoms with Crippen molar-refractivity contribution in [3.05, 3.63) is 0 Å². The van der Waals surface area contributed by atoms with Crippen molar-refractivity contribution < 1.29 is 70.7 Å². The average Bonchev–Trinajstić information content (AvgIpc) is 1.46. The number of rotatable bonds is 14. The van der Waals surface area contributed by atoms with E-state index in [1.165, 1.54) is 110 Å². The molecule has 0 aromatic heterocycles. The first-order valence-corrected chi connectivity index (χ1v) is 39.5. The quantitative estimate of drug-likeness (QED) is 0.143. The number of nitriles is 1. The third kappa shape index (κ3) is 21.6. The number of carbonyl (C=O) groups is 12. The van der Waals surface area contributed by atoms with Gasteiger partial charge in [0.2, 0.25) is 70.9 Å². The topological polar surface area (TPSA) is 294 Å². The SMILES string of the molecule is CC[C@H](C)[C@@H]1NC(=O)[C@H](CC(C)C)N(C)C(=O)C[C@@H](C(=O)N(C)C)N(C)C(=O)[C@H]([C@@H](C)CC)N(C)C(=O)C2(CCCC2)NC(=O)[C@H](CC2CCC(C#N)CC2)N(C)C(=O)[C@H](CCC2CCC(C(F)(F)F)C(Cl)C2)NC(=O)CN(C)C(=O)[C@H](CC2CCC(C)CC2)N(C)C(=O)[C@@H]2CCN2C(=O)[C@H](C)N(C)C1=O. The van der Waals surface area contributed by atoms with E-state index in [0.717, 1.165) is 30.6 Å². The van der Waals surface area contributed by atoms with Crippen LogP contribution in [0.2, 0.25) is 0 Å². The summed E-state index contributed by atoms with van der Waals surface area (Å²) in [6, 6.07) is -8.98. The first-order valence-electron chi connectivity index (χ1n) is 39.0. The first-order chi connectivity index (χ1) is 49.6. The van der Waals surface area contributed by atoms with Crippen LogP contribution in [0.4, 0.5) is 13.2 Å². The smallest absolute Gasteiger partial charge is 0.347 e. The van der Waals surface area contributed by atoms with Crippen molar-refractivity contribution in [3.8, 4) is 6.07 Å². The van der Waals surface area contributed by atoms with Gasteiger partial charge in [-0.1, -0.05) is 99.8 Å². The van der Waals surface area contributed by atoms with Crippen LogP contribution >= 0.6 is 11.6 Å². The van der Waals surface area contributed by atoms with Gasteiger partial charge >= 0.3 is 6.18 Å². The summed E-state index contributed by atoms with van der Waals surface area (Å²) < 4.78 is 42.5. The summed E-state index contributed by atoms with van der Waals surface area (Å²) in [7, 11) is 12.9. The lowest BCUT2D eigenvalue weighted by atomic mass is 9.78. The minimum absolute atomic E-state index is 0.00260. The highest BCUT2D eigenvalue weighted by molar-refractivity contribution is 6.21. The highest BCUT2D eigenvalue weighted by atomic mass is 35.5. The monoisotopic (exact) mass is 1520 g/mol. The summed E-state index contributed by atoms with van der Waals surface area (Å²) in [6.07, 6.45) is 2.62. The Morgan fingerprint density at radius 3 is 1.73 bits per heavy atom. The molecule has 29 heteroatoms. The average molecular weight is 1520 g/mol. The largest absolute Gasteiger partial charge is 0.393 e. The van der Waals surface area contributed by atoms with Gasteiger partial charge < -0.3 is 60.0 Å². The summed E-state index contributed by atoms with van der Waals surface area (Å²) in [6.45, 7) is 14.1. The van der Waals surface area contributed by atoms with Crippen LogP contribution in [0, 0.1) is 64.6 Å². The molecule has 598 valence electrons. The molecular formula is C77H125ClF3N13O12. The van der Waals surface area contributed by atoms with Crippen LogP contribution in [0.3, 0.4) is 0 Å². The lowest BCUT2D eigenvalue weighted by Gasteiger charge is -2.45. The number of likely N-dealkylation sites (N-methyl/N-ethyl adjacent to an activating group) is 8. The fourth-order valence-electron chi connectivity index (χ4n) is 16.9. The second-order valence-corrected chi connectivity index (χ2v) is 33.6. The van der Waals surface area contributed by atoms with Gasteiger partial charge in [0.05, 0.1) is 25.0 Å². The van der Waals surface area contributed by atoms with Gasteiger partial charge in [0.25, 0.3) is 0 Å². The standard InChI is InChI=1S/C77H125ClF3N13O12/c1-18-47(6)64-73(104)88(12)49(8)68(99)94-37-34-57(94)72(103)91(15)60(41-51-24-22-46(5)23-25-51)71(102)87(11)44-62(95)83-56(33-31-50-30-32-54(55(78)39-50)77(79,80)81)69(100)90(14)59(40-52-26-28-53(43-82)29-27-52)67(98)85-76(35-20-21-36-76)75(106)93(17)65(48(7)19-2)74(105)92(16)61(70(101)86(9)10)42-63(96)89(13)58(38-45(3)4)66(97)84-64/h45-61,64-65H,18-42,44H2,1-17H3,(H,83,95)(H,84,97)(H,85,98)/t46?,47-,48-,49-,50?,51?,52?,53?,54?,55?,56-,57-,58-,59-,60-,61-,64-,65-/m0/s1. The van der Waals surface area contributed by atoms with Crippen LogP contribution in [0.25, 0.3) is 0 Å². The molecule has 0 aromatic rings. The van der Waals surface area contributed by atoms with E-state index >= 15 is 28.8 Å². The Labute approximate surface area is 632 Å². The molecule has 1 spiro atoms. The van der Waals surface area contributed by atoms with Crippen molar-refractivity contribution in [1.29, 1.82) is 5.26 Å². The molecule has 0 bridgehead atoms. The fraction of sp³-hybridized carbons (Fsp3) is 0.831. The van der Waals surface area contributed by atoms with Crippen molar-refractivity contribution >= 4 is 82.5 Å². The Bertz CT molecular complexity index is 3150. The molecule has 2 saturated heterocycles. The number of hydrogen-bond acceptors (Lipinski definition) is 13. The number of nitrogens with zero attached hydrogens (tertiary/aromatic N) is 10. The molecule has 2 heterocycles. The minimum atomic E-state index is -4.54. The summed E-state index contributed by atoms with van der Waals surface area (Å²) in [5, 5.41) is 17.5. The molecule has 6 aliphatic rings. The molecule has 14 atom stereocenters. The van der Waals surface area contributed by atoms with Crippen molar-refractivity contribution in [2.24, 2.45) is 53.3 Å². The number of fused-ring (bicyclic) bond motifs is 1. The predicted molar refractivity (Wildman–Crippen MR) is 395 cm³/mol. The number of hydrogen-bond donors (Lipinski definition) is 3. The Hall–Kier alpha value is -6.79. The van der Waals surface area contributed by atoms with Gasteiger partial charge in [-0.25, -0.2) is 0 Å². The highest BCUT2D eigenvalue weighted by Crippen LogP contribution is 2.44. The maximum absolute atomic E-state index is 15.8. The second kappa shape index (κ2) is 38.5. The van der Waals surface area contributed by atoms with E-state index < -0.39 is 179 Å². The van der Waals surface area contributed by atoms with Gasteiger partial charge in [-0.3, -0.25) is 57.5 Å². The molecule has 4 aliphatic carbocycles. The predicted octanol–water partition coefficient (Wildman–Crippen LogP) is 7.36. The normalized spacial score (nSPS) is 32.1. The number of carbonyl (C=O) groups excluding carboxylic acids is 12. The van der Waals surface area contributed by atoms with Gasteiger partial charge in [-0.2, -0.15) is 18.4 Å². The Morgan fingerprint density at radius 1 is 0.632 bits per heavy atom. The third-order valence-corrected chi connectivity index (χ3v) is 25.4. The lowest BCUT2D eigenvalue weighted by Crippen LogP contribution is -2.65. The molecule has 4 saturated carbocycles. The highest BCUT2D eigenvalue weighted by Gasteiger charge is 2.52. The molecule has 3 N–H and O–H groups in total. The third-order valence-electron chi connectivity index (χ3n) is 24.9. The van der Waals surface area contributed by atoms with Crippen molar-refractivity contribution in [1.82, 2.24) is 60.0 Å². The van der Waals surface area contributed by atoms with E-state index in [1.807, 2.05) is 27.7 Å². The zero-order valence-corrected chi connectivity index (χ0v) is 67.0. The number of halogens is 4. The number of nitrogens with one attached hydrogen (secondary N) is 3. The van der Waals surface area contributed by atoms with E-state index in [2.05, 4.69) is 28.9 Å². The molecule has 106 heavy (non-hydrogen) atoms. The molecule has 12 amide bonds. The summed E-state index contributed by atoms with van der Waals surface area (Å²) in [5.74, 6) is -11.4. The van der Waals surface area contributed by atoms with Crippen LogP contribution in [-0.4, -0.2) is 263 Å². The van der Waals surface area contributed by atoms with E-state index in [4.69, 9.17) is 11.6 Å². The van der Waals surface area contributed by atoms with Gasteiger partial charge in [0.15, 0.2) is 0 Å². The minimum Gasteiger partial charge on any atom is -0.347 e. The van der Waals surface area contributed by atoms with Crippen molar-refractivity contribution in [3.63, 3.8) is 0 Å². The maximum Gasteiger partial charge on any atom is 0.393 e. The molecule has 6 rings (SSSR count). The zero-order valence-electron chi connectivity index (χ0n) is 66.2. The molecule has 3 unspecified atom stereocenters. The molecule has 0 aromatic carbocycles. The van der Waals surface area contributed by atoms with E-state index in [9.17, 15) is 47.2 Å². The first kappa shape index (κ1) is 88.1. The Balaban J connectivity index is 1.48. The van der Waals surface area contributed by atoms with Gasteiger partial charge in [-0.05, 0) is 145 Å². The fourth-order valence-corrected chi connectivity index (χ4v) is 17.4. The molecule has 0 radical (unpaired) electrons. The summed E-state index contributed by atoms with van der Waals surface area (Å²) >= 11 is 6.47. The van der Waals surface area contributed by atoms with E-state index in [1.54, 1.807) is 13.8 Å². The molecule has 25 nitrogen and oxygen atoms in total.